The Morgan fingerprint density at radius 2 is 2.00 bits per heavy atom. The maximum atomic E-state index is 13.6. The van der Waals surface area contributed by atoms with Crippen LogP contribution >= 0.6 is 0 Å². The molecule has 0 bridgehead atoms. The van der Waals surface area contributed by atoms with Gasteiger partial charge in [0.25, 0.3) is 5.56 Å². The first-order chi connectivity index (χ1) is 18.1. The highest BCUT2D eigenvalue weighted by Gasteiger charge is 2.50. The van der Waals surface area contributed by atoms with Gasteiger partial charge < -0.3 is 29.8 Å². The van der Waals surface area contributed by atoms with Crippen LogP contribution in [0.2, 0.25) is 0 Å². The summed E-state index contributed by atoms with van der Waals surface area (Å²) in [5.74, 6) is -0.889. The highest BCUT2D eigenvalue weighted by Crippen LogP contribution is 2.41. The van der Waals surface area contributed by atoms with Crippen molar-refractivity contribution in [1.82, 2.24) is 14.9 Å². The summed E-state index contributed by atoms with van der Waals surface area (Å²) in [5.41, 5.74) is 7.06. The maximum Gasteiger partial charge on any atom is 0.408 e. The Balaban J connectivity index is 1.65. The van der Waals surface area contributed by atoms with E-state index in [2.05, 4.69) is 5.32 Å². The Hall–Kier alpha value is -4.25. The SMILES string of the molecule is CC[C@@]1(OC(=O)NC(C)C)C(=O)OCc2c1cc1n(c2=O)Cc2cc3cc(OC(=O)CN)c(C)cc3nc2-1. The molecule has 0 spiro atoms. The van der Waals surface area contributed by atoms with E-state index in [1.165, 1.54) is 0 Å². The Morgan fingerprint density at radius 1 is 1.24 bits per heavy atom. The smallest absolute Gasteiger partial charge is 0.408 e. The summed E-state index contributed by atoms with van der Waals surface area (Å²) < 4.78 is 17.9. The molecule has 198 valence electrons. The quantitative estimate of drug-likeness (QED) is 0.298. The van der Waals surface area contributed by atoms with E-state index >= 15 is 0 Å². The van der Waals surface area contributed by atoms with E-state index in [0.717, 1.165) is 10.9 Å². The molecule has 1 amide bonds. The largest absolute Gasteiger partial charge is 0.457 e. The van der Waals surface area contributed by atoms with Gasteiger partial charge in [-0.2, -0.15) is 0 Å². The van der Waals surface area contributed by atoms with Crippen LogP contribution in [0.25, 0.3) is 22.3 Å². The molecule has 1 atom stereocenters. The zero-order valence-electron chi connectivity index (χ0n) is 21.5. The third kappa shape index (κ3) is 3.99. The van der Waals surface area contributed by atoms with Crippen molar-refractivity contribution in [2.75, 3.05) is 6.54 Å². The minimum atomic E-state index is -1.76. The monoisotopic (exact) mass is 520 g/mol. The number of amides is 1. The molecule has 3 N–H and O–H groups in total. The summed E-state index contributed by atoms with van der Waals surface area (Å²) >= 11 is 0. The third-order valence-electron chi connectivity index (χ3n) is 6.84. The molecule has 0 saturated heterocycles. The van der Waals surface area contributed by atoms with Gasteiger partial charge >= 0.3 is 18.0 Å². The van der Waals surface area contributed by atoms with E-state index in [1.54, 1.807) is 50.5 Å². The first-order valence-corrected chi connectivity index (χ1v) is 12.4. The van der Waals surface area contributed by atoms with Crippen molar-refractivity contribution in [3.8, 4) is 17.1 Å². The number of ether oxygens (including phenoxy) is 3. The minimum Gasteiger partial charge on any atom is -0.457 e. The van der Waals surface area contributed by atoms with Crippen LogP contribution in [0.1, 0.15) is 49.4 Å². The number of aromatic nitrogens is 2. The average molecular weight is 521 g/mol. The number of carbonyl (C=O) groups excluding carboxylic acids is 3. The first-order valence-electron chi connectivity index (χ1n) is 12.4. The number of hydrogen-bond donors (Lipinski definition) is 2. The van der Waals surface area contributed by atoms with Gasteiger partial charge in [-0.25, -0.2) is 14.6 Å². The van der Waals surface area contributed by atoms with Crippen LogP contribution in [0, 0.1) is 6.92 Å². The number of alkyl carbamates (subject to hydrolysis) is 1. The van der Waals surface area contributed by atoms with Crippen molar-refractivity contribution in [3.05, 3.63) is 56.9 Å². The van der Waals surface area contributed by atoms with Gasteiger partial charge in [0, 0.05) is 22.6 Å². The number of pyridine rings is 2. The normalized spacial score (nSPS) is 17.5. The number of nitrogens with two attached hydrogens (primary N) is 1. The van der Waals surface area contributed by atoms with E-state index in [-0.39, 0.29) is 43.3 Å². The van der Waals surface area contributed by atoms with Crippen molar-refractivity contribution in [1.29, 1.82) is 0 Å². The first kappa shape index (κ1) is 25.4. The van der Waals surface area contributed by atoms with Crippen LogP contribution in [0.5, 0.6) is 5.75 Å². The minimum absolute atomic E-state index is 0.0781. The molecule has 11 heteroatoms. The van der Waals surface area contributed by atoms with E-state index < -0.39 is 23.6 Å². The lowest BCUT2D eigenvalue weighted by molar-refractivity contribution is -0.172. The highest BCUT2D eigenvalue weighted by molar-refractivity contribution is 5.89. The Morgan fingerprint density at radius 3 is 2.68 bits per heavy atom. The van der Waals surface area contributed by atoms with Crippen molar-refractivity contribution < 1.29 is 28.6 Å². The van der Waals surface area contributed by atoms with Crippen LogP contribution < -0.4 is 21.3 Å². The third-order valence-corrected chi connectivity index (χ3v) is 6.84. The molecule has 2 aliphatic rings. The van der Waals surface area contributed by atoms with Crippen molar-refractivity contribution in [2.45, 2.75) is 58.9 Å². The van der Waals surface area contributed by atoms with Crippen LogP contribution in [0.15, 0.2) is 29.1 Å². The molecule has 0 fully saturated rings. The lowest BCUT2D eigenvalue weighted by atomic mass is 9.85. The van der Waals surface area contributed by atoms with Gasteiger partial charge in [0.1, 0.15) is 12.4 Å². The predicted molar refractivity (Wildman–Crippen MR) is 136 cm³/mol. The Labute approximate surface area is 217 Å². The second-order valence-electron chi connectivity index (χ2n) is 9.74. The molecule has 38 heavy (non-hydrogen) atoms. The second kappa shape index (κ2) is 9.25. The average Bonchev–Trinajstić information content (AvgIpc) is 3.22. The fourth-order valence-electron chi connectivity index (χ4n) is 4.97. The molecule has 2 aliphatic heterocycles. The lowest BCUT2D eigenvalue weighted by Crippen LogP contribution is -2.49. The van der Waals surface area contributed by atoms with Gasteiger partial charge in [-0.3, -0.25) is 9.59 Å². The molecule has 0 radical (unpaired) electrons. The molecular weight excluding hydrogens is 492 g/mol. The van der Waals surface area contributed by atoms with Gasteiger partial charge in [-0.05, 0) is 57.0 Å². The number of cyclic esters (lactones) is 1. The van der Waals surface area contributed by atoms with Crippen molar-refractivity contribution in [2.24, 2.45) is 5.73 Å². The molecule has 1 aromatic carbocycles. The summed E-state index contributed by atoms with van der Waals surface area (Å²) in [5, 5.41) is 3.36. The van der Waals surface area contributed by atoms with Gasteiger partial charge in [0.05, 0.1) is 35.6 Å². The summed E-state index contributed by atoms with van der Waals surface area (Å²) in [6.07, 6.45) is -0.701. The molecule has 11 nitrogen and oxygen atoms in total. The number of rotatable bonds is 5. The fourth-order valence-corrected chi connectivity index (χ4v) is 4.97. The summed E-state index contributed by atoms with van der Waals surface area (Å²) in [6.45, 7) is 6.83. The van der Waals surface area contributed by atoms with Crippen LogP contribution in [0.4, 0.5) is 4.79 Å². The second-order valence-corrected chi connectivity index (χ2v) is 9.74. The summed E-state index contributed by atoms with van der Waals surface area (Å²) in [6, 6.07) is 6.90. The lowest BCUT2D eigenvalue weighted by Gasteiger charge is -2.35. The number of fused-ring (bicyclic) bond motifs is 5. The molecule has 4 heterocycles. The Bertz CT molecular complexity index is 1580. The zero-order chi connectivity index (χ0) is 27.4. The van der Waals surface area contributed by atoms with Crippen LogP contribution in [-0.4, -0.2) is 40.2 Å². The number of nitrogens with one attached hydrogen (secondary N) is 1. The zero-order valence-corrected chi connectivity index (χ0v) is 21.5. The van der Waals surface area contributed by atoms with Crippen molar-refractivity contribution in [3.63, 3.8) is 0 Å². The number of carbonyl (C=O) groups is 3. The fraction of sp³-hybridized carbons (Fsp3) is 0.370. The number of nitrogens with zero attached hydrogens (tertiary/aromatic N) is 2. The van der Waals surface area contributed by atoms with E-state index in [0.29, 0.717) is 33.8 Å². The number of aryl methyl sites for hydroxylation is 1. The standard InChI is InChI=1S/C27H28N4O7/c1-5-27(38-26(35)29-13(2)3)18-9-20-23-16(11-31(20)24(33)17(18)12-36-25(27)34)7-15-8-21(37-22(32)10-28)14(4)6-19(15)30-23/h6-9,13H,5,10-12,28H2,1-4H3,(H,29,35)/t27-/m0/s1. The number of esters is 2. The van der Waals surface area contributed by atoms with E-state index in [4.69, 9.17) is 24.9 Å². The van der Waals surface area contributed by atoms with Gasteiger partial charge in [-0.15, -0.1) is 0 Å². The van der Waals surface area contributed by atoms with E-state index in [1.807, 2.05) is 6.07 Å². The molecule has 3 aromatic rings. The maximum absolute atomic E-state index is 13.6. The molecular formula is C27H28N4O7. The summed E-state index contributed by atoms with van der Waals surface area (Å²) in [7, 11) is 0. The van der Waals surface area contributed by atoms with Crippen LogP contribution in [-0.2, 0) is 37.8 Å². The predicted octanol–water partition coefficient (Wildman–Crippen LogP) is 2.39. The Kier molecular flexibility index (Phi) is 6.18. The topological polar surface area (TPSA) is 152 Å². The molecule has 2 aromatic heterocycles. The highest BCUT2D eigenvalue weighted by atomic mass is 16.6. The van der Waals surface area contributed by atoms with Gasteiger partial charge in [0.15, 0.2) is 0 Å². The number of hydrogen-bond acceptors (Lipinski definition) is 9. The molecule has 0 aliphatic carbocycles. The van der Waals surface area contributed by atoms with Crippen LogP contribution in [0.3, 0.4) is 0 Å². The molecule has 5 rings (SSSR count). The molecule has 0 saturated carbocycles. The summed E-state index contributed by atoms with van der Waals surface area (Å²) in [4.78, 5) is 55.8. The van der Waals surface area contributed by atoms with Gasteiger partial charge in [-0.1, -0.05) is 6.92 Å². The van der Waals surface area contributed by atoms with E-state index in [9.17, 15) is 19.2 Å². The van der Waals surface area contributed by atoms with Crippen molar-refractivity contribution >= 4 is 28.9 Å². The van der Waals surface area contributed by atoms with Gasteiger partial charge in [0.2, 0.25) is 5.60 Å². The molecule has 0 unspecified atom stereocenters. The number of benzene rings is 1.